The molecule has 1 unspecified atom stereocenters. The fourth-order valence-electron chi connectivity index (χ4n) is 3.49. The lowest BCUT2D eigenvalue weighted by molar-refractivity contribution is -0.137. The zero-order valence-corrected chi connectivity index (χ0v) is 16.6. The zero-order valence-electron chi connectivity index (χ0n) is 15.8. The van der Waals surface area contributed by atoms with E-state index in [2.05, 4.69) is 16.9 Å². The summed E-state index contributed by atoms with van der Waals surface area (Å²) < 4.78 is 10.2. The third-order valence-electron chi connectivity index (χ3n) is 4.97. The van der Waals surface area contributed by atoms with Crippen molar-refractivity contribution in [3.8, 4) is 5.75 Å². The number of carbonyl (C=O) groups excluding carboxylic acids is 2. The maximum atomic E-state index is 12.7. The van der Waals surface area contributed by atoms with Crippen molar-refractivity contribution in [3.05, 3.63) is 42.0 Å². The molecule has 2 aromatic carbocycles. The van der Waals surface area contributed by atoms with Crippen molar-refractivity contribution >= 4 is 34.4 Å². The van der Waals surface area contributed by atoms with Crippen molar-refractivity contribution in [3.63, 3.8) is 0 Å². The lowest BCUT2D eigenvalue weighted by atomic mass is 9.99. The van der Waals surface area contributed by atoms with Crippen LogP contribution in [0.4, 0.5) is 0 Å². The molecule has 2 aromatic rings. The first-order chi connectivity index (χ1) is 13.1. The molecule has 0 bridgehead atoms. The number of thioether (sulfide) groups is 1. The number of carbonyl (C=O) groups is 2. The van der Waals surface area contributed by atoms with Crippen LogP contribution in [0.3, 0.4) is 0 Å². The molecule has 1 aliphatic rings. The third-order valence-corrected chi connectivity index (χ3v) is 6.23. The number of hydrogen-bond acceptors (Lipinski definition) is 5. The van der Waals surface area contributed by atoms with Crippen LogP contribution in [0.1, 0.15) is 18.4 Å². The molecule has 1 atom stereocenters. The molecule has 0 radical (unpaired) electrons. The van der Waals surface area contributed by atoms with Crippen molar-refractivity contribution in [1.82, 2.24) is 4.90 Å². The smallest absolute Gasteiger partial charge is 0.315 e. The third kappa shape index (κ3) is 4.75. The molecule has 1 saturated heterocycles. The molecule has 0 aliphatic carbocycles. The standard InChI is InChI=1S/C21H25NO4S/c1-25-19-9-7-15-5-3-4-6-17(15)18(19)8-10-20(23)22-12-11-16(13-22)27-14-21(24)26-2/h3-7,9,16H,8,10-14H2,1-2H3. The number of likely N-dealkylation sites (tertiary alicyclic amines) is 1. The SMILES string of the molecule is COC(=O)CSC1CCN(C(=O)CCc2c(OC)ccc3ccccc23)C1. The van der Waals surface area contributed by atoms with Crippen LogP contribution in [-0.4, -0.2) is 55.1 Å². The lowest BCUT2D eigenvalue weighted by Gasteiger charge is -2.17. The lowest BCUT2D eigenvalue weighted by Crippen LogP contribution is -2.29. The predicted molar refractivity (Wildman–Crippen MR) is 108 cm³/mol. The summed E-state index contributed by atoms with van der Waals surface area (Å²) in [5.74, 6) is 1.12. The van der Waals surface area contributed by atoms with E-state index in [-0.39, 0.29) is 11.9 Å². The summed E-state index contributed by atoms with van der Waals surface area (Å²) in [6, 6.07) is 12.2. The largest absolute Gasteiger partial charge is 0.496 e. The summed E-state index contributed by atoms with van der Waals surface area (Å²) in [5, 5.41) is 2.60. The van der Waals surface area contributed by atoms with Gasteiger partial charge in [-0.3, -0.25) is 9.59 Å². The monoisotopic (exact) mass is 387 g/mol. The number of hydrogen-bond donors (Lipinski definition) is 0. The minimum absolute atomic E-state index is 0.158. The van der Waals surface area contributed by atoms with E-state index in [1.54, 1.807) is 18.9 Å². The van der Waals surface area contributed by atoms with Crippen LogP contribution in [0.5, 0.6) is 5.75 Å². The Hall–Kier alpha value is -2.21. The highest BCUT2D eigenvalue weighted by atomic mass is 32.2. The first kappa shape index (κ1) is 19.5. The Morgan fingerprint density at radius 2 is 2.00 bits per heavy atom. The van der Waals surface area contributed by atoms with E-state index >= 15 is 0 Å². The quantitative estimate of drug-likeness (QED) is 0.683. The highest BCUT2D eigenvalue weighted by Crippen LogP contribution is 2.30. The number of methoxy groups -OCH3 is 2. The van der Waals surface area contributed by atoms with Gasteiger partial charge in [-0.15, -0.1) is 11.8 Å². The van der Waals surface area contributed by atoms with E-state index in [1.165, 1.54) is 7.11 Å². The van der Waals surface area contributed by atoms with Crippen LogP contribution in [-0.2, 0) is 20.7 Å². The molecule has 1 fully saturated rings. The van der Waals surface area contributed by atoms with Gasteiger partial charge in [-0.25, -0.2) is 0 Å². The summed E-state index contributed by atoms with van der Waals surface area (Å²) in [7, 11) is 3.06. The van der Waals surface area contributed by atoms with Crippen molar-refractivity contribution in [2.24, 2.45) is 0 Å². The Morgan fingerprint density at radius 3 is 2.78 bits per heavy atom. The van der Waals surface area contributed by atoms with Crippen molar-refractivity contribution < 1.29 is 19.1 Å². The molecule has 3 rings (SSSR count). The molecule has 5 nitrogen and oxygen atoms in total. The van der Waals surface area contributed by atoms with Gasteiger partial charge >= 0.3 is 5.97 Å². The van der Waals surface area contributed by atoms with E-state index < -0.39 is 0 Å². The average molecular weight is 388 g/mol. The Morgan fingerprint density at radius 1 is 1.19 bits per heavy atom. The maximum absolute atomic E-state index is 12.7. The molecule has 0 aromatic heterocycles. The van der Waals surface area contributed by atoms with Crippen LogP contribution >= 0.6 is 11.8 Å². The second-order valence-corrected chi connectivity index (χ2v) is 7.89. The first-order valence-electron chi connectivity index (χ1n) is 9.13. The molecule has 1 aliphatic heterocycles. The molecule has 27 heavy (non-hydrogen) atoms. The Bertz CT molecular complexity index is 823. The summed E-state index contributed by atoms with van der Waals surface area (Å²) in [5.41, 5.74) is 1.08. The number of aryl methyl sites for hydroxylation is 1. The normalized spacial score (nSPS) is 16.5. The molecule has 0 spiro atoms. The van der Waals surface area contributed by atoms with Gasteiger partial charge in [0.05, 0.1) is 20.0 Å². The molecule has 144 valence electrons. The zero-order chi connectivity index (χ0) is 19.2. The summed E-state index contributed by atoms with van der Waals surface area (Å²) in [4.78, 5) is 25.9. The van der Waals surface area contributed by atoms with Gasteiger partial charge in [-0.1, -0.05) is 30.3 Å². The predicted octanol–water partition coefficient (Wildman–Crippen LogP) is 3.29. The van der Waals surface area contributed by atoms with Crippen molar-refractivity contribution in [1.29, 1.82) is 0 Å². The maximum Gasteiger partial charge on any atom is 0.315 e. The van der Waals surface area contributed by atoms with Crippen LogP contribution in [0.25, 0.3) is 10.8 Å². The van der Waals surface area contributed by atoms with E-state index in [0.717, 1.165) is 35.1 Å². The topological polar surface area (TPSA) is 55.8 Å². The number of rotatable bonds is 7. The van der Waals surface area contributed by atoms with Gasteiger partial charge in [0.1, 0.15) is 5.75 Å². The van der Waals surface area contributed by atoms with Crippen LogP contribution in [0.15, 0.2) is 36.4 Å². The van der Waals surface area contributed by atoms with Crippen molar-refractivity contribution in [2.45, 2.75) is 24.5 Å². The van der Waals surface area contributed by atoms with Gasteiger partial charge in [0, 0.05) is 30.3 Å². The number of amides is 1. The second kappa shape index (κ2) is 9.13. The van der Waals surface area contributed by atoms with Crippen molar-refractivity contribution in [2.75, 3.05) is 33.1 Å². The Labute approximate surface area is 164 Å². The number of nitrogens with zero attached hydrogens (tertiary/aromatic N) is 1. The first-order valence-corrected chi connectivity index (χ1v) is 10.2. The minimum atomic E-state index is -0.215. The van der Waals surface area contributed by atoms with E-state index in [4.69, 9.17) is 4.74 Å². The molecule has 1 heterocycles. The van der Waals surface area contributed by atoms with Gasteiger partial charge in [-0.05, 0) is 29.7 Å². The van der Waals surface area contributed by atoms with Crippen LogP contribution in [0, 0.1) is 0 Å². The minimum Gasteiger partial charge on any atom is -0.496 e. The Balaban J connectivity index is 1.60. The van der Waals surface area contributed by atoms with Crippen LogP contribution in [0.2, 0.25) is 0 Å². The van der Waals surface area contributed by atoms with E-state index in [9.17, 15) is 9.59 Å². The number of benzene rings is 2. The average Bonchev–Trinajstić information content (AvgIpc) is 3.19. The molecular weight excluding hydrogens is 362 g/mol. The number of ether oxygens (including phenoxy) is 2. The van der Waals surface area contributed by atoms with E-state index in [1.807, 2.05) is 29.2 Å². The highest BCUT2D eigenvalue weighted by molar-refractivity contribution is 8.00. The molecule has 0 saturated carbocycles. The molecular formula is C21H25NO4S. The molecule has 1 amide bonds. The van der Waals surface area contributed by atoms with Gasteiger partial charge in [0.25, 0.3) is 0 Å². The molecule has 6 heteroatoms. The van der Waals surface area contributed by atoms with Gasteiger partial charge < -0.3 is 14.4 Å². The van der Waals surface area contributed by atoms with Crippen LogP contribution < -0.4 is 4.74 Å². The summed E-state index contributed by atoms with van der Waals surface area (Å²) in [6.07, 6.45) is 2.03. The summed E-state index contributed by atoms with van der Waals surface area (Å²) in [6.45, 7) is 1.46. The van der Waals surface area contributed by atoms with Gasteiger partial charge in [0.15, 0.2) is 0 Å². The molecule has 0 N–H and O–H groups in total. The second-order valence-electron chi connectivity index (χ2n) is 6.61. The number of esters is 1. The highest BCUT2D eigenvalue weighted by Gasteiger charge is 2.27. The summed E-state index contributed by atoms with van der Waals surface area (Å²) >= 11 is 1.57. The number of fused-ring (bicyclic) bond motifs is 1. The fraction of sp³-hybridized carbons (Fsp3) is 0.429. The fourth-order valence-corrected chi connectivity index (χ4v) is 4.54. The van der Waals surface area contributed by atoms with Gasteiger partial charge in [0.2, 0.25) is 5.91 Å². The Kier molecular flexibility index (Phi) is 6.61. The van der Waals surface area contributed by atoms with Gasteiger partial charge in [-0.2, -0.15) is 0 Å². The van der Waals surface area contributed by atoms with E-state index in [0.29, 0.717) is 30.4 Å².